The van der Waals surface area contributed by atoms with Crippen molar-refractivity contribution in [2.45, 2.75) is 63.9 Å². The molecule has 3 aliphatic carbocycles. The van der Waals surface area contributed by atoms with Crippen molar-refractivity contribution >= 4 is 0 Å². The number of aliphatic hydroxyl groups is 1. The van der Waals surface area contributed by atoms with Gasteiger partial charge in [0.25, 0.3) is 0 Å². The maximum absolute atomic E-state index is 10.6. The second-order valence-corrected chi connectivity index (χ2v) is 6.78. The molecule has 1 atom stereocenters. The van der Waals surface area contributed by atoms with Gasteiger partial charge >= 0.3 is 0 Å². The van der Waals surface area contributed by atoms with Gasteiger partial charge in [0.05, 0.1) is 20.9 Å². The van der Waals surface area contributed by atoms with Crippen molar-refractivity contribution in [3.8, 4) is 5.75 Å². The Kier molecular flexibility index (Phi) is 2.32. The van der Waals surface area contributed by atoms with Crippen LogP contribution in [0.15, 0.2) is 24.3 Å². The highest BCUT2D eigenvalue weighted by atomic mass is 16.5. The largest absolute Gasteiger partial charge is 0.493 e. The zero-order valence-electron chi connectivity index (χ0n) is 20.6. The van der Waals surface area contributed by atoms with Gasteiger partial charge in [-0.2, -0.15) is 0 Å². The highest BCUT2D eigenvalue weighted by Gasteiger charge is 2.40. The second-order valence-electron chi connectivity index (χ2n) is 6.78. The van der Waals surface area contributed by atoms with Crippen molar-refractivity contribution < 1.29 is 20.8 Å². The van der Waals surface area contributed by atoms with E-state index in [1.54, 1.807) is 0 Å². The highest BCUT2D eigenvalue weighted by Crippen LogP contribution is 2.50. The third kappa shape index (κ3) is 3.31. The SMILES string of the molecule is [2H]C([2H])([2H])C(O)(C(N)c1ccc(OC([2H])([2H])C23CCC(CC2)CC3)cc1)C([2H])([2H])[2H]. The van der Waals surface area contributed by atoms with Gasteiger partial charge in [-0.05, 0) is 75.8 Å². The molecule has 0 amide bonds. The molecule has 0 radical (unpaired) electrons. The van der Waals surface area contributed by atoms with E-state index in [4.69, 9.17) is 21.4 Å². The van der Waals surface area contributed by atoms with Gasteiger partial charge in [-0.1, -0.05) is 12.1 Å². The topological polar surface area (TPSA) is 55.5 Å². The zero-order chi connectivity index (χ0) is 22.6. The number of hydrogen-bond acceptors (Lipinski definition) is 3. The monoisotopic (exact) mass is 311 g/mol. The lowest BCUT2D eigenvalue weighted by Crippen LogP contribution is -2.38. The Hall–Kier alpha value is -1.06. The lowest BCUT2D eigenvalue weighted by atomic mass is 9.61. The summed E-state index contributed by atoms with van der Waals surface area (Å²) in [7, 11) is 0. The number of rotatable bonds is 5. The molecule has 4 rings (SSSR count). The van der Waals surface area contributed by atoms with Gasteiger partial charge in [0.2, 0.25) is 0 Å². The van der Waals surface area contributed by atoms with Crippen LogP contribution in [0.3, 0.4) is 0 Å². The van der Waals surface area contributed by atoms with E-state index in [9.17, 15) is 5.11 Å². The predicted octanol–water partition coefficient (Wildman–Crippen LogP) is 3.81. The van der Waals surface area contributed by atoms with E-state index in [0.717, 1.165) is 38.5 Å². The molecular weight excluding hydrogens is 274 g/mol. The summed E-state index contributed by atoms with van der Waals surface area (Å²) in [6.07, 6.45) is 5.41. The van der Waals surface area contributed by atoms with E-state index in [1.165, 1.54) is 24.3 Å². The fourth-order valence-electron chi connectivity index (χ4n) is 3.55. The van der Waals surface area contributed by atoms with Crippen LogP contribution >= 0.6 is 0 Å². The Labute approximate surface area is 145 Å². The highest BCUT2D eigenvalue weighted by molar-refractivity contribution is 5.30. The zero-order valence-corrected chi connectivity index (χ0v) is 12.6. The van der Waals surface area contributed by atoms with E-state index in [-0.39, 0.29) is 11.3 Å². The lowest BCUT2D eigenvalue weighted by molar-refractivity contribution is 0.0191. The molecule has 3 heteroatoms. The molecule has 3 fully saturated rings. The van der Waals surface area contributed by atoms with E-state index < -0.39 is 37.3 Å². The van der Waals surface area contributed by atoms with Crippen molar-refractivity contribution in [1.29, 1.82) is 0 Å². The summed E-state index contributed by atoms with van der Waals surface area (Å²) >= 11 is 0. The van der Waals surface area contributed by atoms with Crippen molar-refractivity contribution in [3.63, 3.8) is 0 Å². The molecule has 1 aromatic rings. The molecule has 3 nitrogen and oxygen atoms in total. The normalized spacial score (nSPS) is 36.5. The first-order valence-corrected chi connectivity index (χ1v) is 7.90. The van der Waals surface area contributed by atoms with Crippen LogP contribution in [-0.4, -0.2) is 17.3 Å². The summed E-state index contributed by atoms with van der Waals surface area (Å²) in [5.41, 5.74) is 2.37. The Morgan fingerprint density at radius 2 is 1.91 bits per heavy atom. The fraction of sp³-hybridized carbons (Fsp3) is 0.684. The molecule has 1 unspecified atom stereocenters. The van der Waals surface area contributed by atoms with Gasteiger partial charge in [0.1, 0.15) is 5.75 Å². The summed E-state index contributed by atoms with van der Waals surface area (Å²) in [5.74, 6) is 0.933. The molecule has 3 saturated carbocycles. The molecule has 22 heavy (non-hydrogen) atoms. The first-order valence-electron chi connectivity index (χ1n) is 11.9. The maximum atomic E-state index is 10.6. The van der Waals surface area contributed by atoms with Crippen molar-refractivity contribution in [2.24, 2.45) is 17.1 Å². The molecule has 0 aromatic heterocycles. The number of hydrogen-bond donors (Lipinski definition) is 2. The van der Waals surface area contributed by atoms with Gasteiger partial charge in [-0.3, -0.25) is 0 Å². The number of benzene rings is 1. The third-order valence-electron chi connectivity index (χ3n) is 5.17. The average molecular weight is 311 g/mol. The summed E-state index contributed by atoms with van der Waals surface area (Å²) in [6, 6.07) is 3.90. The van der Waals surface area contributed by atoms with Crippen LogP contribution in [-0.2, 0) is 0 Å². The summed E-state index contributed by atoms with van der Waals surface area (Å²) < 4.78 is 67.9. The van der Waals surface area contributed by atoms with Crippen molar-refractivity contribution in [3.05, 3.63) is 29.8 Å². The van der Waals surface area contributed by atoms with Crippen LogP contribution in [0.5, 0.6) is 5.75 Å². The second kappa shape index (κ2) is 5.86. The van der Waals surface area contributed by atoms with Gasteiger partial charge in [-0.25, -0.2) is 0 Å². The van der Waals surface area contributed by atoms with Gasteiger partial charge in [0.15, 0.2) is 0 Å². The number of ether oxygens (including phenoxy) is 1. The molecule has 3 N–H and O–H groups in total. The first-order chi connectivity index (χ1) is 13.6. The quantitative estimate of drug-likeness (QED) is 0.869. The molecule has 122 valence electrons. The van der Waals surface area contributed by atoms with E-state index in [2.05, 4.69) is 0 Å². The van der Waals surface area contributed by atoms with Crippen LogP contribution in [0.1, 0.15) is 74.8 Å². The van der Waals surface area contributed by atoms with Gasteiger partial charge in [-0.15, -0.1) is 0 Å². The van der Waals surface area contributed by atoms with E-state index in [1.807, 2.05) is 0 Å². The van der Waals surface area contributed by atoms with Crippen LogP contribution < -0.4 is 10.5 Å². The van der Waals surface area contributed by atoms with E-state index in [0.29, 0.717) is 5.92 Å². The molecular formula is C19H29NO2. The molecule has 3 aliphatic rings. The minimum atomic E-state index is -3.23. The summed E-state index contributed by atoms with van der Waals surface area (Å²) in [6.45, 7) is -8.33. The number of nitrogens with two attached hydrogens (primary N) is 1. The van der Waals surface area contributed by atoms with Gasteiger partial charge in [0, 0.05) is 13.6 Å². The van der Waals surface area contributed by atoms with E-state index >= 15 is 0 Å². The van der Waals surface area contributed by atoms with Gasteiger partial charge < -0.3 is 15.6 Å². The molecule has 0 saturated heterocycles. The lowest BCUT2D eigenvalue weighted by Gasteiger charge is -2.46. The van der Waals surface area contributed by atoms with Crippen LogP contribution in [0, 0.1) is 11.3 Å². The fourth-order valence-corrected chi connectivity index (χ4v) is 3.55. The van der Waals surface area contributed by atoms with Crippen LogP contribution in [0.4, 0.5) is 0 Å². The van der Waals surface area contributed by atoms with Crippen molar-refractivity contribution in [1.82, 2.24) is 0 Å². The predicted molar refractivity (Wildman–Crippen MR) is 88.8 cm³/mol. The van der Waals surface area contributed by atoms with Crippen LogP contribution in [0.2, 0.25) is 0 Å². The average Bonchev–Trinajstić information content (AvgIpc) is 2.66. The Bertz CT molecular complexity index is 724. The molecule has 2 bridgehead atoms. The Morgan fingerprint density at radius 1 is 1.32 bits per heavy atom. The number of fused-ring (bicyclic) bond motifs is 3. The first kappa shape index (κ1) is 8.70. The molecule has 0 heterocycles. The Morgan fingerprint density at radius 3 is 2.45 bits per heavy atom. The van der Waals surface area contributed by atoms with Crippen molar-refractivity contribution in [2.75, 3.05) is 6.56 Å². The summed E-state index contributed by atoms with van der Waals surface area (Å²) in [4.78, 5) is 0. The standard InChI is InChI=1S/C19H29NO2/c1-18(2,21)17(20)15-3-5-16(6-4-15)22-13-19-10-7-14(8-11-19)9-12-19/h3-6,14,17,21H,7-13,20H2,1-2H3/i1D3,2D3,13D2. The molecule has 0 aliphatic heterocycles. The van der Waals surface area contributed by atoms with Crippen LogP contribution in [0.25, 0.3) is 0 Å². The third-order valence-corrected chi connectivity index (χ3v) is 5.17. The summed E-state index contributed by atoms with van der Waals surface area (Å²) in [5, 5.41) is 10.6. The smallest absolute Gasteiger partial charge is 0.119 e. The molecule has 0 spiro atoms. The Balaban J connectivity index is 1.81. The minimum absolute atomic E-state index is 0.106. The molecule has 1 aromatic carbocycles. The minimum Gasteiger partial charge on any atom is -0.493 e. The maximum Gasteiger partial charge on any atom is 0.119 e.